The molecule has 0 saturated carbocycles. The van der Waals surface area contributed by atoms with Gasteiger partial charge in [0.1, 0.15) is 0 Å². The summed E-state index contributed by atoms with van der Waals surface area (Å²) in [5, 5.41) is 2.48. The summed E-state index contributed by atoms with van der Waals surface area (Å²) in [6, 6.07) is 14.8. The predicted molar refractivity (Wildman–Crippen MR) is 72.1 cm³/mol. The molecule has 2 aromatic carbocycles. The number of hydrogen-bond acceptors (Lipinski definition) is 2. The van der Waals surface area contributed by atoms with E-state index in [9.17, 15) is 0 Å². The zero-order valence-corrected chi connectivity index (χ0v) is 9.90. The van der Waals surface area contributed by atoms with Crippen LogP contribution in [0.1, 0.15) is 24.9 Å². The van der Waals surface area contributed by atoms with Gasteiger partial charge in [0.05, 0.1) is 6.04 Å². The summed E-state index contributed by atoms with van der Waals surface area (Å²) >= 11 is 0. The van der Waals surface area contributed by atoms with Crippen LogP contribution in [0.3, 0.4) is 0 Å². The first-order valence-electron chi connectivity index (χ1n) is 5.69. The maximum atomic E-state index is 5.57. The third-order valence-corrected chi connectivity index (χ3v) is 2.86. The Morgan fingerprint density at radius 3 is 2.65 bits per heavy atom. The normalized spacial score (nSPS) is 11.9. The molecular weight excluding hydrogens is 208 g/mol. The van der Waals surface area contributed by atoms with Crippen molar-refractivity contribution in [3.63, 3.8) is 0 Å². The highest BCUT2D eigenvalue weighted by Crippen LogP contribution is 2.21. The van der Waals surface area contributed by atoms with E-state index in [1.165, 1.54) is 16.3 Å². The highest BCUT2D eigenvalue weighted by Gasteiger charge is 2.08. The lowest BCUT2D eigenvalue weighted by molar-refractivity contribution is 0.568. The number of hydrogen-bond donors (Lipinski definition) is 2. The van der Waals surface area contributed by atoms with Crippen molar-refractivity contribution >= 4 is 10.8 Å². The van der Waals surface area contributed by atoms with E-state index < -0.39 is 0 Å². The molecule has 0 aliphatic heterocycles. The molecule has 0 bridgehead atoms. The van der Waals surface area contributed by atoms with Crippen LogP contribution in [0.2, 0.25) is 0 Å². The largest absolute Gasteiger partial charge is 0.271 e. The molecule has 0 aliphatic carbocycles. The van der Waals surface area contributed by atoms with Crippen LogP contribution in [0.25, 0.3) is 10.8 Å². The van der Waals surface area contributed by atoms with Gasteiger partial charge in [-0.15, -0.1) is 11.8 Å². The average molecular weight is 224 g/mol. The molecular formula is C15H16N2. The Morgan fingerprint density at radius 2 is 1.94 bits per heavy atom. The monoisotopic (exact) mass is 224 g/mol. The minimum Gasteiger partial charge on any atom is -0.271 e. The summed E-state index contributed by atoms with van der Waals surface area (Å²) in [4.78, 5) is 0. The smallest absolute Gasteiger partial charge is 0.0569 e. The zero-order valence-electron chi connectivity index (χ0n) is 9.90. The predicted octanol–water partition coefficient (Wildman–Crippen LogP) is 2.76. The molecule has 0 aliphatic rings. The van der Waals surface area contributed by atoms with Crippen LogP contribution in [-0.4, -0.2) is 0 Å². The minimum absolute atomic E-state index is 0.0899. The molecule has 3 N–H and O–H groups in total. The Labute approximate surface area is 102 Å². The number of benzene rings is 2. The quantitative estimate of drug-likeness (QED) is 0.478. The van der Waals surface area contributed by atoms with Crippen molar-refractivity contribution in [2.45, 2.75) is 19.4 Å². The van der Waals surface area contributed by atoms with Gasteiger partial charge >= 0.3 is 0 Å². The van der Waals surface area contributed by atoms with E-state index in [-0.39, 0.29) is 6.04 Å². The summed E-state index contributed by atoms with van der Waals surface area (Å²) in [6.07, 6.45) is 0.728. The molecule has 0 heterocycles. The van der Waals surface area contributed by atoms with Crippen LogP contribution >= 0.6 is 0 Å². The van der Waals surface area contributed by atoms with Gasteiger partial charge in [-0.1, -0.05) is 36.4 Å². The number of nitrogens with one attached hydrogen (secondary N) is 1. The van der Waals surface area contributed by atoms with E-state index in [1.807, 2.05) is 19.1 Å². The third-order valence-electron chi connectivity index (χ3n) is 2.86. The van der Waals surface area contributed by atoms with Gasteiger partial charge in [0, 0.05) is 6.42 Å². The maximum absolute atomic E-state index is 5.57. The molecule has 0 saturated heterocycles. The Balaban J connectivity index is 2.35. The lowest BCUT2D eigenvalue weighted by Gasteiger charge is -2.14. The summed E-state index contributed by atoms with van der Waals surface area (Å²) < 4.78 is 0. The second-order valence-electron chi connectivity index (χ2n) is 3.96. The first-order chi connectivity index (χ1) is 8.35. The van der Waals surface area contributed by atoms with Crippen LogP contribution in [-0.2, 0) is 0 Å². The molecule has 1 unspecified atom stereocenters. The van der Waals surface area contributed by atoms with Crippen LogP contribution in [0.5, 0.6) is 0 Å². The standard InChI is InChI=1S/C15H16N2/c1-2-3-8-15(17-16)14-10-9-12-6-4-5-7-13(12)11-14/h4-7,9-11,15,17H,8,16H2,1H3. The fourth-order valence-electron chi connectivity index (χ4n) is 1.90. The molecule has 1 atom stereocenters. The van der Waals surface area contributed by atoms with E-state index in [1.54, 1.807) is 0 Å². The van der Waals surface area contributed by atoms with Crippen molar-refractivity contribution < 1.29 is 0 Å². The number of nitrogens with two attached hydrogens (primary N) is 1. The van der Waals surface area contributed by atoms with Crippen molar-refractivity contribution in [2.75, 3.05) is 0 Å². The van der Waals surface area contributed by atoms with Crippen molar-refractivity contribution in [2.24, 2.45) is 5.84 Å². The van der Waals surface area contributed by atoms with Gasteiger partial charge in [0.25, 0.3) is 0 Å². The van der Waals surface area contributed by atoms with Crippen LogP contribution in [0, 0.1) is 11.8 Å². The minimum atomic E-state index is 0.0899. The lowest BCUT2D eigenvalue weighted by Crippen LogP contribution is -2.27. The van der Waals surface area contributed by atoms with Gasteiger partial charge < -0.3 is 0 Å². The van der Waals surface area contributed by atoms with E-state index in [0.717, 1.165) is 6.42 Å². The highest BCUT2D eigenvalue weighted by atomic mass is 15.2. The molecule has 2 heteroatoms. The van der Waals surface area contributed by atoms with Crippen LogP contribution in [0.4, 0.5) is 0 Å². The van der Waals surface area contributed by atoms with Gasteiger partial charge in [0.2, 0.25) is 0 Å². The summed E-state index contributed by atoms with van der Waals surface area (Å²) in [6.45, 7) is 1.84. The third kappa shape index (κ3) is 2.65. The molecule has 0 fully saturated rings. The van der Waals surface area contributed by atoms with Crippen molar-refractivity contribution in [3.8, 4) is 11.8 Å². The fourth-order valence-corrected chi connectivity index (χ4v) is 1.90. The van der Waals surface area contributed by atoms with Gasteiger partial charge in [-0.2, -0.15) is 0 Å². The number of fused-ring (bicyclic) bond motifs is 1. The van der Waals surface area contributed by atoms with Gasteiger partial charge in [-0.3, -0.25) is 11.3 Å². The molecule has 0 amide bonds. The van der Waals surface area contributed by atoms with Gasteiger partial charge in [-0.25, -0.2) is 0 Å². The molecule has 0 aromatic heterocycles. The molecule has 17 heavy (non-hydrogen) atoms. The molecule has 86 valence electrons. The fraction of sp³-hybridized carbons (Fsp3) is 0.200. The first-order valence-corrected chi connectivity index (χ1v) is 5.69. The van der Waals surface area contributed by atoms with Crippen molar-refractivity contribution in [1.82, 2.24) is 5.43 Å². The summed E-state index contributed by atoms with van der Waals surface area (Å²) in [5.74, 6) is 11.5. The topological polar surface area (TPSA) is 38.0 Å². The number of hydrazine groups is 1. The van der Waals surface area contributed by atoms with E-state index in [4.69, 9.17) is 5.84 Å². The average Bonchev–Trinajstić information content (AvgIpc) is 2.39. The van der Waals surface area contributed by atoms with Crippen LogP contribution < -0.4 is 11.3 Å². The van der Waals surface area contributed by atoms with Crippen molar-refractivity contribution in [3.05, 3.63) is 48.0 Å². The first kappa shape index (κ1) is 11.7. The zero-order chi connectivity index (χ0) is 12.1. The Morgan fingerprint density at radius 1 is 1.18 bits per heavy atom. The van der Waals surface area contributed by atoms with Gasteiger partial charge in [-0.05, 0) is 29.3 Å². The molecule has 0 spiro atoms. The lowest BCUT2D eigenvalue weighted by atomic mass is 10.0. The highest BCUT2D eigenvalue weighted by molar-refractivity contribution is 5.83. The Bertz CT molecular complexity index is 564. The second-order valence-corrected chi connectivity index (χ2v) is 3.96. The van der Waals surface area contributed by atoms with Crippen molar-refractivity contribution in [1.29, 1.82) is 0 Å². The molecule has 0 radical (unpaired) electrons. The van der Waals surface area contributed by atoms with Crippen LogP contribution in [0.15, 0.2) is 42.5 Å². The molecule has 2 rings (SSSR count). The van der Waals surface area contributed by atoms with E-state index >= 15 is 0 Å². The summed E-state index contributed by atoms with van der Waals surface area (Å²) in [7, 11) is 0. The van der Waals surface area contributed by atoms with E-state index in [0.29, 0.717) is 0 Å². The van der Waals surface area contributed by atoms with E-state index in [2.05, 4.69) is 47.6 Å². The maximum Gasteiger partial charge on any atom is 0.0569 e. The Hall–Kier alpha value is -1.82. The SMILES string of the molecule is CC#CCC(NN)c1ccc2ccccc2c1. The summed E-state index contributed by atoms with van der Waals surface area (Å²) in [5.41, 5.74) is 3.99. The second kappa shape index (κ2) is 5.49. The molecule has 2 nitrogen and oxygen atoms in total. The van der Waals surface area contributed by atoms with Gasteiger partial charge in [0.15, 0.2) is 0 Å². The Kier molecular flexibility index (Phi) is 3.77. The number of rotatable bonds is 3. The molecule has 2 aromatic rings.